The maximum Gasteiger partial charge on any atom is 0.147 e. The van der Waals surface area contributed by atoms with Crippen molar-refractivity contribution in [3.63, 3.8) is 0 Å². The van der Waals surface area contributed by atoms with Crippen LogP contribution in [0, 0.1) is 5.82 Å². The molecule has 0 bridgehead atoms. The molecular formula is C11H15ClFNO. The van der Waals surface area contributed by atoms with Crippen molar-refractivity contribution in [2.24, 2.45) is 0 Å². The molecule has 0 unspecified atom stereocenters. The van der Waals surface area contributed by atoms with E-state index in [2.05, 4.69) is 5.32 Å². The van der Waals surface area contributed by atoms with Gasteiger partial charge in [-0.15, -0.1) is 0 Å². The number of aliphatic hydroxyl groups is 1. The molecule has 1 aromatic rings. The zero-order valence-corrected chi connectivity index (χ0v) is 9.61. The number of anilines is 1. The van der Waals surface area contributed by atoms with E-state index in [9.17, 15) is 9.50 Å². The Morgan fingerprint density at radius 1 is 1.47 bits per heavy atom. The minimum Gasteiger partial charge on any atom is -0.390 e. The Hall–Kier alpha value is -0.800. The topological polar surface area (TPSA) is 32.3 Å². The number of nitrogens with one attached hydrogen (secondary N) is 1. The zero-order chi connectivity index (χ0) is 11.5. The highest BCUT2D eigenvalue weighted by atomic mass is 35.5. The van der Waals surface area contributed by atoms with Crippen LogP contribution in [0.25, 0.3) is 0 Å². The monoisotopic (exact) mass is 231 g/mol. The number of hydrogen-bond donors (Lipinski definition) is 2. The largest absolute Gasteiger partial charge is 0.390 e. The average molecular weight is 232 g/mol. The maximum atomic E-state index is 13.3. The third kappa shape index (κ3) is 4.49. The number of halogens is 2. The molecular weight excluding hydrogens is 217 g/mol. The Bertz CT molecular complexity index is 336. The summed E-state index contributed by atoms with van der Waals surface area (Å²) in [4.78, 5) is 0. The Balaban J connectivity index is 2.51. The molecule has 0 fully saturated rings. The highest BCUT2D eigenvalue weighted by Gasteiger charge is 2.11. The van der Waals surface area contributed by atoms with Gasteiger partial charge in [-0.2, -0.15) is 0 Å². The summed E-state index contributed by atoms with van der Waals surface area (Å²) in [7, 11) is 0. The fraction of sp³-hybridized carbons (Fsp3) is 0.455. The van der Waals surface area contributed by atoms with Gasteiger partial charge >= 0.3 is 0 Å². The van der Waals surface area contributed by atoms with E-state index in [1.54, 1.807) is 26.0 Å². The Morgan fingerprint density at radius 2 is 2.13 bits per heavy atom. The molecule has 0 aliphatic heterocycles. The molecule has 84 valence electrons. The van der Waals surface area contributed by atoms with Crippen LogP contribution < -0.4 is 5.32 Å². The molecule has 0 radical (unpaired) electrons. The molecule has 1 aromatic carbocycles. The molecule has 2 N–H and O–H groups in total. The van der Waals surface area contributed by atoms with Gasteiger partial charge < -0.3 is 10.4 Å². The third-order valence-electron chi connectivity index (χ3n) is 1.98. The van der Waals surface area contributed by atoms with Crippen LogP contribution in [0.2, 0.25) is 5.02 Å². The molecule has 0 saturated carbocycles. The number of hydrogen-bond acceptors (Lipinski definition) is 2. The molecule has 0 aromatic heterocycles. The molecule has 0 aliphatic carbocycles. The van der Waals surface area contributed by atoms with Crippen LogP contribution in [-0.2, 0) is 0 Å². The highest BCUT2D eigenvalue weighted by Crippen LogP contribution is 2.19. The molecule has 15 heavy (non-hydrogen) atoms. The molecule has 2 nitrogen and oxygen atoms in total. The first kappa shape index (κ1) is 12.3. The Morgan fingerprint density at radius 3 is 2.67 bits per heavy atom. The lowest BCUT2D eigenvalue weighted by Crippen LogP contribution is -2.22. The summed E-state index contributed by atoms with van der Waals surface area (Å²) >= 11 is 5.62. The second-order valence-corrected chi connectivity index (χ2v) is 4.55. The maximum absolute atomic E-state index is 13.3. The number of rotatable bonds is 4. The smallest absolute Gasteiger partial charge is 0.147 e. The average Bonchev–Trinajstić information content (AvgIpc) is 2.07. The summed E-state index contributed by atoms with van der Waals surface area (Å²) in [5.41, 5.74) is -0.334. The predicted molar refractivity (Wildman–Crippen MR) is 60.8 cm³/mol. The van der Waals surface area contributed by atoms with Crippen LogP contribution in [0.3, 0.4) is 0 Å². The summed E-state index contributed by atoms with van der Waals surface area (Å²) in [5, 5.41) is 12.7. The molecule has 0 atom stereocenters. The second kappa shape index (κ2) is 4.81. The summed E-state index contributed by atoms with van der Waals surface area (Å²) < 4.78 is 13.3. The summed E-state index contributed by atoms with van der Waals surface area (Å²) in [6.07, 6.45) is 0.551. The van der Waals surface area contributed by atoms with E-state index in [1.807, 2.05) is 0 Å². The molecule has 1 rings (SSSR count). The van der Waals surface area contributed by atoms with Crippen LogP contribution in [0.1, 0.15) is 20.3 Å². The first-order valence-electron chi connectivity index (χ1n) is 4.80. The van der Waals surface area contributed by atoms with Crippen molar-refractivity contribution >= 4 is 17.3 Å². The van der Waals surface area contributed by atoms with E-state index < -0.39 is 5.60 Å². The van der Waals surface area contributed by atoms with Crippen molar-refractivity contribution in [1.29, 1.82) is 0 Å². The van der Waals surface area contributed by atoms with Gasteiger partial charge in [0.2, 0.25) is 0 Å². The lowest BCUT2D eigenvalue weighted by Gasteiger charge is -2.17. The first-order chi connectivity index (χ1) is 6.88. The van der Waals surface area contributed by atoms with Crippen LogP contribution in [0.5, 0.6) is 0 Å². The minimum atomic E-state index is -0.740. The van der Waals surface area contributed by atoms with Crippen molar-refractivity contribution in [2.75, 3.05) is 11.9 Å². The van der Waals surface area contributed by atoms with Gasteiger partial charge in [0.05, 0.1) is 11.3 Å². The van der Waals surface area contributed by atoms with Gasteiger partial charge in [-0.3, -0.25) is 0 Å². The van der Waals surface area contributed by atoms with Gasteiger partial charge in [-0.25, -0.2) is 4.39 Å². The van der Waals surface area contributed by atoms with E-state index >= 15 is 0 Å². The zero-order valence-electron chi connectivity index (χ0n) is 8.85. The summed E-state index contributed by atoms with van der Waals surface area (Å²) in [6, 6.07) is 4.47. The number of benzene rings is 1. The molecule has 0 amide bonds. The van der Waals surface area contributed by atoms with Crippen LogP contribution in [-0.4, -0.2) is 17.3 Å². The normalized spacial score (nSPS) is 11.5. The van der Waals surface area contributed by atoms with Crippen LogP contribution in [0.4, 0.5) is 10.1 Å². The SMILES string of the molecule is CC(C)(O)CCNc1ccc(Cl)cc1F. The fourth-order valence-electron chi connectivity index (χ4n) is 1.14. The van der Waals surface area contributed by atoms with Gasteiger partial charge in [-0.05, 0) is 38.5 Å². The minimum absolute atomic E-state index is 0.375. The van der Waals surface area contributed by atoms with Crippen molar-refractivity contribution in [3.05, 3.63) is 29.0 Å². The van der Waals surface area contributed by atoms with E-state index in [4.69, 9.17) is 11.6 Å². The van der Waals surface area contributed by atoms with Gasteiger partial charge in [0.25, 0.3) is 0 Å². The second-order valence-electron chi connectivity index (χ2n) is 4.11. The molecule has 0 heterocycles. The standard InChI is InChI=1S/C11H15ClFNO/c1-11(2,15)5-6-14-10-4-3-8(12)7-9(10)13/h3-4,7,14-15H,5-6H2,1-2H3. The summed E-state index contributed by atoms with van der Waals surface area (Å²) in [5.74, 6) is -0.377. The quantitative estimate of drug-likeness (QED) is 0.835. The third-order valence-corrected chi connectivity index (χ3v) is 2.22. The van der Waals surface area contributed by atoms with Gasteiger partial charge in [0.15, 0.2) is 0 Å². The molecule has 4 heteroatoms. The van der Waals surface area contributed by atoms with Crippen LogP contribution >= 0.6 is 11.6 Å². The Labute approximate surface area is 94.1 Å². The van der Waals surface area contributed by atoms with Crippen molar-refractivity contribution in [3.8, 4) is 0 Å². The van der Waals surface area contributed by atoms with Crippen molar-refractivity contribution in [2.45, 2.75) is 25.9 Å². The van der Waals surface area contributed by atoms with Gasteiger partial charge in [0, 0.05) is 11.6 Å². The first-order valence-corrected chi connectivity index (χ1v) is 5.17. The van der Waals surface area contributed by atoms with E-state index in [0.717, 1.165) is 0 Å². The molecule has 0 spiro atoms. The van der Waals surface area contributed by atoms with E-state index in [-0.39, 0.29) is 5.82 Å². The van der Waals surface area contributed by atoms with Crippen molar-refractivity contribution < 1.29 is 9.50 Å². The van der Waals surface area contributed by atoms with E-state index in [0.29, 0.717) is 23.7 Å². The predicted octanol–water partition coefficient (Wildman–Crippen LogP) is 3.05. The molecule has 0 saturated heterocycles. The Kier molecular flexibility index (Phi) is 3.94. The van der Waals surface area contributed by atoms with E-state index in [1.165, 1.54) is 6.07 Å². The van der Waals surface area contributed by atoms with Crippen molar-refractivity contribution in [1.82, 2.24) is 0 Å². The van der Waals surface area contributed by atoms with Crippen LogP contribution in [0.15, 0.2) is 18.2 Å². The lowest BCUT2D eigenvalue weighted by atomic mass is 10.1. The summed E-state index contributed by atoms with van der Waals surface area (Å²) in [6.45, 7) is 3.95. The van der Waals surface area contributed by atoms with Gasteiger partial charge in [0.1, 0.15) is 5.82 Å². The van der Waals surface area contributed by atoms with Gasteiger partial charge in [-0.1, -0.05) is 11.6 Å². The highest BCUT2D eigenvalue weighted by molar-refractivity contribution is 6.30. The fourth-order valence-corrected chi connectivity index (χ4v) is 1.29. The lowest BCUT2D eigenvalue weighted by molar-refractivity contribution is 0.0748. The molecule has 0 aliphatic rings.